The third-order valence-electron chi connectivity index (χ3n) is 4.08. The molecule has 10 heteroatoms. The van der Waals surface area contributed by atoms with E-state index >= 15 is 0 Å². The molecule has 1 N–H and O–H groups in total. The summed E-state index contributed by atoms with van der Waals surface area (Å²) < 4.78 is 41.9. The Morgan fingerprint density at radius 2 is 1.90 bits per heavy atom. The Morgan fingerprint density at radius 3 is 2.61 bits per heavy atom. The molecule has 164 valence electrons. The standard InChI is InChI=1S/C21H20ClF2N3O4/c1-3-29-19-11-15(5-7-18(19)31-21(23)24)25-20(28)16-8-9-27(26-16)12-30-17-6-4-14(22)10-13(17)2/h4-11,21H,3,12H2,1-2H3,(H,25,28). The molecule has 0 bridgehead atoms. The predicted molar refractivity (Wildman–Crippen MR) is 111 cm³/mol. The molecular weight excluding hydrogens is 432 g/mol. The molecule has 3 rings (SSSR count). The first-order valence-electron chi connectivity index (χ1n) is 9.31. The lowest BCUT2D eigenvalue weighted by Crippen LogP contribution is -2.14. The second kappa shape index (κ2) is 10.1. The van der Waals surface area contributed by atoms with Gasteiger partial charge >= 0.3 is 6.61 Å². The quantitative estimate of drug-likeness (QED) is 0.488. The summed E-state index contributed by atoms with van der Waals surface area (Å²) in [5, 5.41) is 7.44. The van der Waals surface area contributed by atoms with Crippen molar-refractivity contribution in [2.75, 3.05) is 11.9 Å². The van der Waals surface area contributed by atoms with Crippen molar-refractivity contribution in [2.45, 2.75) is 27.2 Å². The van der Waals surface area contributed by atoms with Gasteiger partial charge in [-0.1, -0.05) is 11.6 Å². The third-order valence-corrected chi connectivity index (χ3v) is 4.32. The predicted octanol–water partition coefficient (Wildman–Crippen LogP) is 5.13. The number of amides is 1. The van der Waals surface area contributed by atoms with E-state index in [-0.39, 0.29) is 30.5 Å². The number of benzene rings is 2. The first-order valence-corrected chi connectivity index (χ1v) is 9.69. The van der Waals surface area contributed by atoms with Crippen molar-refractivity contribution in [3.05, 3.63) is 64.9 Å². The number of halogens is 3. The summed E-state index contributed by atoms with van der Waals surface area (Å²) in [6, 6.07) is 10.9. The monoisotopic (exact) mass is 451 g/mol. The molecular formula is C21H20ClF2N3O4. The lowest BCUT2D eigenvalue weighted by Gasteiger charge is -2.13. The van der Waals surface area contributed by atoms with Crippen LogP contribution in [-0.2, 0) is 6.73 Å². The number of anilines is 1. The minimum Gasteiger partial charge on any atom is -0.490 e. The molecule has 0 radical (unpaired) electrons. The fraction of sp³-hybridized carbons (Fsp3) is 0.238. The average Bonchev–Trinajstić information content (AvgIpc) is 3.18. The fourth-order valence-electron chi connectivity index (χ4n) is 2.71. The van der Waals surface area contributed by atoms with Crippen LogP contribution in [0.3, 0.4) is 0 Å². The minimum absolute atomic E-state index is 0.0952. The smallest absolute Gasteiger partial charge is 0.387 e. The number of carbonyl (C=O) groups excluding carboxylic acids is 1. The lowest BCUT2D eigenvalue weighted by atomic mass is 10.2. The highest BCUT2D eigenvalue weighted by Gasteiger charge is 2.15. The molecule has 0 fully saturated rings. The maximum Gasteiger partial charge on any atom is 0.387 e. The van der Waals surface area contributed by atoms with Gasteiger partial charge < -0.3 is 19.5 Å². The molecule has 0 aliphatic rings. The Labute approximate surface area is 182 Å². The number of hydrogen-bond donors (Lipinski definition) is 1. The zero-order valence-corrected chi connectivity index (χ0v) is 17.5. The van der Waals surface area contributed by atoms with Crippen LogP contribution in [-0.4, -0.2) is 28.9 Å². The van der Waals surface area contributed by atoms with Crippen molar-refractivity contribution < 1.29 is 27.8 Å². The molecule has 0 atom stereocenters. The molecule has 1 amide bonds. The van der Waals surface area contributed by atoms with Gasteiger partial charge in [0.2, 0.25) is 0 Å². The van der Waals surface area contributed by atoms with E-state index in [9.17, 15) is 13.6 Å². The van der Waals surface area contributed by atoms with Crippen molar-refractivity contribution in [3.63, 3.8) is 0 Å². The molecule has 0 saturated heterocycles. The molecule has 0 spiro atoms. The highest BCUT2D eigenvalue weighted by molar-refractivity contribution is 6.30. The highest BCUT2D eigenvalue weighted by atomic mass is 35.5. The van der Waals surface area contributed by atoms with Gasteiger partial charge in [-0.05, 0) is 55.8 Å². The van der Waals surface area contributed by atoms with Crippen LogP contribution in [0.25, 0.3) is 0 Å². The van der Waals surface area contributed by atoms with Crippen molar-refractivity contribution in [3.8, 4) is 17.2 Å². The molecule has 1 aromatic heterocycles. The van der Waals surface area contributed by atoms with Crippen molar-refractivity contribution in [1.82, 2.24) is 9.78 Å². The van der Waals surface area contributed by atoms with Gasteiger partial charge in [0.05, 0.1) is 6.61 Å². The van der Waals surface area contributed by atoms with Crippen molar-refractivity contribution in [2.24, 2.45) is 0 Å². The Morgan fingerprint density at radius 1 is 1.13 bits per heavy atom. The van der Waals surface area contributed by atoms with E-state index in [1.807, 2.05) is 6.92 Å². The van der Waals surface area contributed by atoms with Gasteiger partial charge in [0.25, 0.3) is 5.91 Å². The maximum atomic E-state index is 12.5. The highest BCUT2D eigenvalue weighted by Crippen LogP contribution is 2.32. The largest absolute Gasteiger partial charge is 0.490 e. The number of ether oxygens (including phenoxy) is 3. The summed E-state index contributed by atoms with van der Waals surface area (Å²) in [6.45, 7) is 0.940. The SMILES string of the molecule is CCOc1cc(NC(=O)c2ccn(COc3ccc(Cl)cc3C)n2)ccc1OC(F)F. The van der Waals surface area contributed by atoms with E-state index in [2.05, 4.69) is 15.2 Å². The normalized spacial score (nSPS) is 10.8. The number of rotatable bonds is 9. The summed E-state index contributed by atoms with van der Waals surface area (Å²) in [6.07, 6.45) is 1.60. The molecule has 0 saturated carbocycles. The Hall–Kier alpha value is -3.33. The van der Waals surface area contributed by atoms with Crippen LogP contribution in [0.4, 0.5) is 14.5 Å². The van der Waals surface area contributed by atoms with Gasteiger partial charge in [-0.2, -0.15) is 13.9 Å². The zero-order valence-electron chi connectivity index (χ0n) is 16.8. The van der Waals surface area contributed by atoms with E-state index in [1.54, 1.807) is 31.3 Å². The third kappa shape index (κ3) is 6.08. The summed E-state index contributed by atoms with van der Waals surface area (Å²) in [5.74, 6) is 0.151. The molecule has 2 aromatic carbocycles. The summed E-state index contributed by atoms with van der Waals surface area (Å²) in [4.78, 5) is 12.5. The second-order valence-corrected chi connectivity index (χ2v) is 6.79. The second-order valence-electron chi connectivity index (χ2n) is 6.35. The van der Waals surface area contributed by atoms with Gasteiger partial charge in [-0.3, -0.25) is 4.79 Å². The fourth-order valence-corrected chi connectivity index (χ4v) is 2.93. The molecule has 1 heterocycles. The Balaban J connectivity index is 1.64. The maximum absolute atomic E-state index is 12.5. The molecule has 0 aliphatic carbocycles. The lowest BCUT2D eigenvalue weighted by molar-refractivity contribution is -0.0514. The molecule has 3 aromatic rings. The van der Waals surface area contributed by atoms with Crippen LogP contribution >= 0.6 is 11.6 Å². The topological polar surface area (TPSA) is 74.6 Å². The van der Waals surface area contributed by atoms with Crippen LogP contribution < -0.4 is 19.5 Å². The van der Waals surface area contributed by atoms with Gasteiger partial charge in [0.15, 0.2) is 23.9 Å². The first kappa shape index (κ1) is 22.4. The number of alkyl halides is 2. The van der Waals surface area contributed by atoms with E-state index in [0.29, 0.717) is 16.5 Å². The first-order chi connectivity index (χ1) is 14.9. The molecule has 7 nitrogen and oxygen atoms in total. The van der Waals surface area contributed by atoms with Gasteiger partial charge in [0.1, 0.15) is 5.75 Å². The summed E-state index contributed by atoms with van der Waals surface area (Å²) in [5.41, 5.74) is 1.38. The van der Waals surface area contributed by atoms with Crippen molar-refractivity contribution in [1.29, 1.82) is 0 Å². The van der Waals surface area contributed by atoms with Gasteiger partial charge in [0, 0.05) is 23.0 Å². The van der Waals surface area contributed by atoms with Crippen LogP contribution in [0.5, 0.6) is 17.2 Å². The average molecular weight is 452 g/mol. The minimum atomic E-state index is -2.98. The van der Waals surface area contributed by atoms with Crippen LogP contribution in [0.1, 0.15) is 23.0 Å². The van der Waals surface area contributed by atoms with Crippen LogP contribution in [0, 0.1) is 6.92 Å². The molecule has 31 heavy (non-hydrogen) atoms. The van der Waals surface area contributed by atoms with E-state index < -0.39 is 12.5 Å². The zero-order chi connectivity index (χ0) is 22.4. The number of nitrogens with zero attached hydrogens (tertiary/aromatic N) is 2. The summed E-state index contributed by atoms with van der Waals surface area (Å²) in [7, 11) is 0. The number of carbonyl (C=O) groups is 1. The number of nitrogens with one attached hydrogen (secondary N) is 1. The molecule has 0 unspecified atom stereocenters. The van der Waals surface area contributed by atoms with Crippen molar-refractivity contribution >= 4 is 23.2 Å². The number of aromatic nitrogens is 2. The number of hydrogen-bond acceptors (Lipinski definition) is 5. The van der Waals surface area contributed by atoms with Crippen LogP contribution in [0.15, 0.2) is 48.7 Å². The van der Waals surface area contributed by atoms with Gasteiger partial charge in [-0.15, -0.1) is 0 Å². The number of aryl methyl sites for hydroxylation is 1. The van der Waals surface area contributed by atoms with Crippen LogP contribution in [0.2, 0.25) is 5.02 Å². The van der Waals surface area contributed by atoms with Gasteiger partial charge in [-0.25, -0.2) is 4.68 Å². The molecule has 0 aliphatic heterocycles. The van der Waals surface area contributed by atoms with E-state index in [0.717, 1.165) is 5.56 Å². The Kier molecular flexibility index (Phi) is 7.30. The Bertz CT molecular complexity index is 1060. The summed E-state index contributed by atoms with van der Waals surface area (Å²) >= 11 is 5.93. The van der Waals surface area contributed by atoms with E-state index in [1.165, 1.54) is 28.9 Å². The van der Waals surface area contributed by atoms with E-state index in [4.69, 9.17) is 21.1 Å².